The zero-order valence-electron chi connectivity index (χ0n) is 15.8. The van der Waals surface area contributed by atoms with Gasteiger partial charge in [0.15, 0.2) is 35.7 Å². The van der Waals surface area contributed by atoms with Crippen LogP contribution in [0.2, 0.25) is 0 Å². The first-order valence-electron chi connectivity index (χ1n) is 8.53. The van der Waals surface area contributed by atoms with Crippen molar-refractivity contribution in [1.29, 1.82) is 0 Å². The number of ether oxygens (including phenoxy) is 4. The topological polar surface area (TPSA) is 178 Å². The highest BCUT2D eigenvalue weighted by atomic mass is 16.6. The van der Waals surface area contributed by atoms with Gasteiger partial charge in [-0.2, -0.15) is 4.98 Å². The minimum atomic E-state index is -1.23. The molecule has 0 spiro atoms. The van der Waals surface area contributed by atoms with Crippen LogP contribution in [0.3, 0.4) is 0 Å². The lowest BCUT2D eigenvalue weighted by molar-refractivity contribution is -0.239. The Bertz CT molecular complexity index is 1010. The van der Waals surface area contributed by atoms with Gasteiger partial charge in [0, 0.05) is 20.8 Å². The SMILES string of the molecule is CC(=O)O[C@@H]1[C@H](OC(C)=O)[C@H](OC(C)=O)CO[C@H]1n1cnc2c(=O)[nH]c(N)nc21. The molecule has 1 fully saturated rings. The van der Waals surface area contributed by atoms with Crippen LogP contribution < -0.4 is 11.3 Å². The zero-order chi connectivity index (χ0) is 21.3. The fourth-order valence-electron chi connectivity index (χ4n) is 3.09. The molecule has 3 rings (SSSR count). The zero-order valence-corrected chi connectivity index (χ0v) is 15.8. The summed E-state index contributed by atoms with van der Waals surface area (Å²) in [5.74, 6) is -2.17. The van der Waals surface area contributed by atoms with E-state index in [4.69, 9.17) is 24.7 Å². The number of nitrogens with zero attached hydrogens (tertiary/aromatic N) is 3. The highest BCUT2D eigenvalue weighted by Gasteiger charge is 2.48. The molecule has 0 bridgehead atoms. The molecule has 1 aliphatic heterocycles. The van der Waals surface area contributed by atoms with Crippen LogP contribution >= 0.6 is 0 Å². The fourth-order valence-corrected chi connectivity index (χ4v) is 3.09. The third-order valence-corrected chi connectivity index (χ3v) is 4.05. The summed E-state index contributed by atoms with van der Waals surface area (Å²) >= 11 is 0. The predicted octanol–water partition coefficient (Wildman–Crippen LogP) is -0.974. The third-order valence-electron chi connectivity index (χ3n) is 4.05. The number of hydrogen-bond donors (Lipinski definition) is 2. The van der Waals surface area contributed by atoms with E-state index in [1.165, 1.54) is 17.8 Å². The Morgan fingerprint density at radius 2 is 1.76 bits per heavy atom. The van der Waals surface area contributed by atoms with E-state index in [1.54, 1.807) is 0 Å². The average molecular weight is 409 g/mol. The Morgan fingerprint density at radius 1 is 1.14 bits per heavy atom. The molecule has 1 saturated heterocycles. The van der Waals surface area contributed by atoms with Gasteiger partial charge >= 0.3 is 17.9 Å². The van der Waals surface area contributed by atoms with Crippen molar-refractivity contribution in [2.45, 2.75) is 45.3 Å². The predicted molar refractivity (Wildman–Crippen MR) is 94.2 cm³/mol. The minimum Gasteiger partial charge on any atom is -0.456 e. The van der Waals surface area contributed by atoms with Crippen molar-refractivity contribution in [3.05, 3.63) is 16.7 Å². The quantitative estimate of drug-likeness (QED) is 0.468. The number of carbonyl (C=O) groups is 3. The summed E-state index contributed by atoms with van der Waals surface area (Å²) in [5.41, 5.74) is 5.09. The largest absolute Gasteiger partial charge is 0.456 e. The number of nitrogens with one attached hydrogen (secondary N) is 1. The van der Waals surface area contributed by atoms with Crippen molar-refractivity contribution in [3.8, 4) is 0 Å². The summed E-state index contributed by atoms with van der Waals surface area (Å²) in [6, 6.07) is 0. The maximum absolute atomic E-state index is 12.0. The average Bonchev–Trinajstić information content (AvgIpc) is 3.00. The number of H-pyrrole nitrogens is 1. The number of carbonyl (C=O) groups excluding carboxylic acids is 3. The number of nitrogen functional groups attached to an aromatic ring is 1. The monoisotopic (exact) mass is 409 g/mol. The number of imidazole rings is 1. The van der Waals surface area contributed by atoms with Crippen molar-refractivity contribution in [2.24, 2.45) is 0 Å². The van der Waals surface area contributed by atoms with Gasteiger partial charge in [-0.3, -0.25) is 28.7 Å². The van der Waals surface area contributed by atoms with Gasteiger partial charge in [0.25, 0.3) is 5.56 Å². The van der Waals surface area contributed by atoms with Crippen LogP contribution in [0.4, 0.5) is 5.95 Å². The Kier molecular flexibility index (Phi) is 5.50. The minimum absolute atomic E-state index is 0.0180. The van der Waals surface area contributed by atoms with Gasteiger partial charge < -0.3 is 24.7 Å². The number of aromatic amines is 1. The van der Waals surface area contributed by atoms with E-state index in [1.807, 2.05) is 0 Å². The van der Waals surface area contributed by atoms with Gasteiger partial charge in [0.05, 0.1) is 12.9 Å². The Morgan fingerprint density at radius 3 is 2.38 bits per heavy atom. The summed E-state index contributed by atoms with van der Waals surface area (Å²) in [6.07, 6.45) is -3.25. The Hall–Kier alpha value is -3.48. The first-order valence-corrected chi connectivity index (χ1v) is 8.53. The number of esters is 3. The lowest BCUT2D eigenvalue weighted by atomic mass is 10.0. The number of fused-ring (bicyclic) bond motifs is 1. The molecule has 4 atom stereocenters. The number of aromatic nitrogens is 4. The van der Waals surface area contributed by atoms with Gasteiger partial charge in [0.1, 0.15) is 0 Å². The van der Waals surface area contributed by atoms with Gasteiger partial charge in [-0.05, 0) is 0 Å². The number of anilines is 1. The molecule has 0 aliphatic carbocycles. The standard InChI is InChI=1S/C16H19N5O8/c1-6(22)27-9-4-26-15(12(29-8(3)24)11(9)28-7(2)23)21-5-18-10-13(21)19-16(17)20-14(10)25/h5,9,11-12,15H,4H2,1-3H3,(H3,17,19,20,25)/t9-,11-,12-,15-/m1/s1. The number of rotatable bonds is 4. The lowest BCUT2D eigenvalue weighted by Gasteiger charge is -2.40. The normalized spacial score (nSPS) is 24.1. The maximum atomic E-state index is 12.0. The molecular weight excluding hydrogens is 390 g/mol. The molecule has 3 N–H and O–H groups in total. The summed E-state index contributed by atoms with van der Waals surface area (Å²) < 4.78 is 22.8. The summed E-state index contributed by atoms with van der Waals surface area (Å²) in [5, 5.41) is 0. The maximum Gasteiger partial charge on any atom is 0.303 e. The van der Waals surface area contributed by atoms with Crippen LogP contribution in [0.15, 0.2) is 11.1 Å². The molecule has 2 aromatic rings. The molecule has 156 valence electrons. The molecule has 0 unspecified atom stereocenters. The van der Waals surface area contributed by atoms with E-state index in [0.717, 1.165) is 13.8 Å². The van der Waals surface area contributed by atoms with Crippen LogP contribution in [0, 0.1) is 0 Å². The number of hydrogen-bond acceptors (Lipinski definition) is 11. The highest BCUT2D eigenvalue weighted by molar-refractivity contribution is 5.71. The van der Waals surface area contributed by atoms with Crippen LogP contribution in [-0.4, -0.2) is 62.3 Å². The van der Waals surface area contributed by atoms with Crippen molar-refractivity contribution in [2.75, 3.05) is 12.3 Å². The molecule has 13 nitrogen and oxygen atoms in total. The summed E-state index contributed by atoms with van der Waals surface area (Å²) in [4.78, 5) is 57.2. The van der Waals surface area contributed by atoms with Crippen LogP contribution in [-0.2, 0) is 33.3 Å². The Balaban J connectivity index is 2.07. The summed E-state index contributed by atoms with van der Waals surface area (Å²) in [7, 11) is 0. The smallest absolute Gasteiger partial charge is 0.303 e. The summed E-state index contributed by atoms with van der Waals surface area (Å²) in [6.45, 7) is 3.32. The van der Waals surface area contributed by atoms with Crippen molar-refractivity contribution < 1.29 is 33.3 Å². The Labute approximate surface area is 163 Å². The second-order valence-electron chi connectivity index (χ2n) is 6.30. The highest BCUT2D eigenvalue weighted by Crippen LogP contribution is 2.32. The van der Waals surface area contributed by atoms with Gasteiger partial charge in [-0.1, -0.05) is 0 Å². The molecule has 13 heteroatoms. The van der Waals surface area contributed by atoms with E-state index in [0.29, 0.717) is 0 Å². The van der Waals surface area contributed by atoms with Gasteiger partial charge in [-0.25, -0.2) is 4.98 Å². The molecule has 0 saturated carbocycles. The van der Waals surface area contributed by atoms with Crippen molar-refractivity contribution >= 4 is 35.0 Å². The molecule has 0 amide bonds. The number of nitrogens with two attached hydrogens (primary N) is 1. The molecule has 0 radical (unpaired) electrons. The fraction of sp³-hybridized carbons (Fsp3) is 0.500. The van der Waals surface area contributed by atoms with Crippen LogP contribution in [0.25, 0.3) is 11.2 Å². The van der Waals surface area contributed by atoms with Gasteiger partial charge in [-0.15, -0.1) is 0 Å². The van der Waals surface area contributed by atoms with Gasteiger partial charge in [0.2, 0.25) is 5.95 Å². The lowest BCUT2D eigenvalue weighted by Crippen LogP contribution is -2.55. The van der Waals surface area contributed by atoms with E-state index in [9.17, 15) is 19.2 Å². The molecule has 29 heavy (non-hydrogen) atoms. The second-order valence-corrected chi connectivity index (χ2v) is 6.30. The van der Waals surface area contributed by atoms with Crippen molar-refractivity contribution in [1.82, 2.24) is 19.5 Å². The van der Waals surface area contributed by atoms with E-state index in [-0.39, 0.29) is 23.7 Å². The van der Waals surface area contributed by atoms with E-state index < -0.39 is 48.0 Å². The molecule has 1 aliphatic rings. The molecule has 0 aromatic carbocycles. The van der Waals surface area contributed by atoms with Crippen molar-refractivity contribution in [3.63, 3.8) is 0 Å². The molecular formula is C16H19N5O8. The molecule has 3 heterocycles. The van der Waals surface area contributed by atoms with Crippen LogP contribution in [0.1, 0.15) is 27.0 Å². The third kappa shape index (κ3) is 4.18. The van der Waals surface area contributed by atoms with E-state index >= 15 is 0 Å². The van der Waals surface area contributed by atoms with E-state index in [2.05, 4.69) is 15.0 Å². The van der Waals surface area contributed by atoms with Crippen LogP contribution in [0.5, 0.6) is 0 Å². The first kappa shape index (κ1) is 20.3. The molecule has 2 aromatic heterocycles. The first-order chi connectivity index (χ1) is 13.7. The second kappa shape index (κ2) is 7.87.